The Morgan fingerprint density at radius 3 is 2.90 bits per heavy atom. The van der Waals surface area contributed by atoms with Crippen LogP contribution in [-0.4, -0.2) is 10.1 Å². The Bertz CT molecular complexity index is 732. The topological polar surface area (TPSA) is 66.1 Å². The molecule has 21 heavy (non-hydrogen) atoms. The third-order valence-corrected chi connectivity index (χ3v) is 3.85. The van der Waals surface area contributed by atoms with E-state index in [4.69, 9.17) is 4.74 Å². The first kappa shape index (κ1) is 13.4. The Kier molecular flexibility index (Phi) is 3.49. The highest BCUT2D eigenvalue weighted by atomic mass is 16.5. The van der Waals surface area contributed by atoms with Crippen molar-refractivity contribution in [2.24, 2.45) is 0 Å². The molecule has 1 aliphatic rings. The van der Waals surface area contributed by atoms with Gasteiger partial charge in [0.15, 0.2) is 0 Å². The van der Waals surface area contributed by atoms with Crippen LogP contribution in [0.4, 0.5) is 0 Å². The molecule has 0 atom stereocenters. The van der Waals surface area contributed by atoms with Gasteiger partial charge in [-0.1, -0.05) is 6.07 Å². The van der Waals surface area contributed by atoms with E-state index in [0.717, 1.165) is 36.9 Å². The third kappa shape index (κ3) is 2.55. The van der Waals surface area contributed by atoms with Crippen molar-refractivity contribution in [1.82, 2.24) is 4.98 Å². The number of aromatic hydroxyl groups is 1. The minimum Gasteiger partial charge on any atom is -0.508 e. The summed E-state index contributed by atoms with van der Waals surface area (Å²) in [6.45, 7) is 1.77. The summed E-state index contributed by atoms with van der Waals surface area (Å²) in [6, 6.07) is 9.11. The second-order valence-electron chi connectivity index (χ2n) is 5.27. The zero-order valence-electron chi connectivity index (χ0n) is 11.9. The van der Waals surface area contributed by atoms with Crippen LogP contribution in [0.25, 0.3) is 0 Å². The molecule has 1 heterocycles. The number of aromatic nitrogens is 1. The number of rotatable bonds is 2. The lowest BCUT2D eigenvalue weighted by Crippen LogP contribution is -2.07. The highest BCUT2D eigenvalue weighted by molar-refractivity contribution is 5.48. The molecule has 0 aliphatic heterocycles. The molecule has 106 valence electrons. The summed E-state index contributed by atoms with van der Waals surface area (Å²) in [7, 11) is 0. The molecule has 1 N–H and O–H groups in total. The first-order valence-electron chi connectivity index (χ1n) is 7.08. The van der Waals surface area contributed by atoms with Gasteiger partial charge in [-0.2, -0.15) is 5.26 Å². The fourth-order valence-corrected chi connectivity index (χ4v) is 2.59. The van der Waals surface area contributed by atoms with E-state index in [2.05, 4.69) is 11.1 Å². The maximum atomic E-state index is 9.73. The normalized spacial score (nSPS) is 13.3. The maximum Gasteiger partial charge on any atom is 0.237 e. The molecule has 4 heteroatoms. The smallest absolute Gasteiger partial charge is 0.237 e. The van der Waals surface area contributed by atoms with E-state index in [1.54, 1.807) is 25.1 Å². The number of hydrogen-bond donors (Lipinski definition) is 1. The maximum absolute atomic E-state index is 9.73. The molecule has 3 rings (SSSR count). The summed E-state index contributed by atoms with van der Waals surface area (Å²) in [5.74, 6) is 1.02. The van der Waals surface area contributed by atoms with Gasteiger partial charge in [-0.3, -0.25) is 0 Å². The molecular weight excluding hydrogens is 264 g/mol. The number of phenolic OH excluding ortho intramolecular Hbond substituents is 1. The highest BCUT2D eigenvalue weighted by Crippen LogP contribution is 2.32. The van der Waals surface area contributed by atoms with Crippen LogP contribution in [0.5, 0.6) is 17.4 Å². The number of benzene rings is 1. The van der Waals surface area contributed by atoms with Gasteiger partial charge in [0.2, 0.25) is 5.88 Å². The number of nitrogens with zero attached hydrogens (tertiary/aromatic N) is 2. The number of aryl methyl sites for hydroxylation is 2. The summed E-state index contributed by atoms with van der Waals surface area (Å²) in [6.07, 6.45) is 4.17. The van der Waals surface area contributed by atoms with Crippen molar-refractivity contribution in [2.45, 2.75) is 32.6 Å². The molecule has 1 aromatic heterocycles. The Morgan fingerprint density at radius 1 is 1.29 bits per heavy atom. The molecule has 0 spiro atoms. The van der Waals surface area contributed by atoms with Crippen molar-refractivity contribution in [3.05, 3.63) is 46.6 Å². The second kappa shape index (κ2) is 5.45. The first-order chi connectivity index (χ1) is 10.2. The van der Waals surface area contributed by atoms with Crippen LogP contribution in [-0.2, 0) is 12.8 Å². The van der Waals surface area contributed by atoms with Crippen LogP contribution in [0.3, 0.4) is 0 Å². The predicted molar refractivity (Wildman–Crippen MR) is 78.5 cm³/mol. The number of hydrogen-bond acceptors (Lipinski definition) is 4. The van der Waals surface area contributed by atoms with E-state index in [0.29, 0.717) is 22.8 Å². The Balaban J connectivity index is 2.02. The summed E-state index contributed by atoms with van der Waals surface area (Å²) >= 11 is 0. The second-order valence-corrected chi connectivity index (χ2v) is 5.27. The van der Waals surface area contributed by atoms with Crippen molar-refractivity contribution >= 4 is 0 Å². The monoisotopic (exact) mass is 280 g/mol. The van der Waals surface area contributed by atoms with Crippen LogP contribution < -0.4 is 4.74 Å². The SMILES string of the molecule is Cc1c(O)cccc1Oc1nc2c(cc1C#N)CCCC2. The Labute approximate surface area is 123 Å². The fourth-order valence-electron chi connectivity index (χ4n) is 2.59. The van der Waals surface area contributed by atoms with Gasteiger partial charge in [0.1, 0.15) is 23.1 Å². The molecule has 0 unspecified atom stereocenters. The summed E-state index contributed by atoms with van der Waals surface area (Å²) < 4.78 is 5.78. The number of ether oxygens (including phenoxy) is 1. The molecule has 2 aromatic rings. The van der Waals surface area contributed by atoms with Crippen molar-refractivity contribution in [2.75, 3.05) is 0 Å². The van der Waals surface area contributed by atoms with E-state index in [1.807, 2.05) is 6.07 Å². The lowest BCUT2D eigenvalue weighted by atomic mass is 9.95. The standard InChI is InChI=1S/C17H16N2O2/c1-11-15(20)7-4-8-16(11)21-17-13(10-18)9-12-5-2-3-6-14(12)19-17/h4,7-9,20H,2-3,5-6H2,1H3. The largest absolute Gasteiger partial charge is 0.508 e. The number of fused-ring (bicyclic) bond motifs is 1. The zero-order chi connectivity index (χ0) is 14.8. The van der Waals surface area contributed by atoms with Gasteiger partial charge < -0.3 is 9.84 Å². The fraction of sp³-hybridized carbons (Fsp3) is 0.294. The number of nitriles is 1. The number of phenols is 1. The van der Waals surface area contributed by atoms with Gasteiger partial charge in [-0.25, -0.2) is 4.98 Å². The molecule has 1 aliphatic carbocycles. The molecule has 0 fully saturated rings. The van der Waals surface area contributed by atoms with E-state index in [1.165, 1.54) is 0 Å². The molecule has 0 radical (unpaired) electrons. The van der Waals surface area contributed by atoms with E-state index < -0.39 is 0 Å². The van der Waals surface area contributed by atoms with Crippen LogP contribution in [0.15, 0.2) is 24.3 Å². The van der Waals surface area contributed by atoms with Gasteiger partial charge in [-0.15, -0.1) is 0 Å². The predicted octanol–water partition coefficient (Wildman–Crippen LogP) is 3.64. The molecule has 1 aromatic carbocycles. The third-order valence-electron chi connectivity index (χ3n) is 3.85. The molecule has 0 amide bonds. The van der Waals surface area contributed by atoms with Gasteiger partial charge in [0.05, 0.1) is 0 Å². The van der Waals surface area contributed by atoms with E-state index in [-0.39, 0.29) is 5.75 Å². The quantitative estimate of drug-likeness (QED) is 0.912. The lowest BCUT2D eigenvalue weighted by Gasteiger charge is -2.17. The van der Waals surface area contributed by atoms with Crippen LogP contribution in [0, 0.1) is 18.3 Å². The van der Waals surface area contributed by atoms with Crippen molar-refractivity contribution in [3.63, 3.8) is 0 Å². The highest BCUT2D eigenvalue weighted by Gasteiger charge is 2.17. The minimum absolute atomic E-state index is 0.170. The number of pyridine rings is 1. The van der Waals surface area contributed by atoms with E-state index in [9.17, 15) is 10.4 Å². The van der Waals surface area contributed by atoms with Crippen molar-refractivity contribution in [1.29, 1.82) is 5.26 Å². The zero-order valence-corrected chi connectivity index (χ0v) is 11.9. The van der Waals surface area contributed by atoms with Gasteiger partial charge in [0.25, 0.3) is 0 Å². The average Bonchev–Trinajstić information content (AvgIpc) is 2.51. The molecular formula is C17H16N2O2. The molecule has 0 saturated carbocycles. The summed E-state index contributed by atoms with van der Waals surface area (Å²) in [5, 5.41) is 19.0. The van der Waals surface area contributed by atoms with Gasteiger partial charge >= 0.3 is 0 Å². The van der Waals surface area contributed by atoms with Crippen molar-refractivity contribution < 1.29 is 9.84 Å². The first-order valence-corrected chi connectivity index (χ1v) is 7.08. The molecule has 0 bridgehead atoms. The molecule has 4 nitrogen and oxygen atoms in total. The van der Waals surface area contributed by atoms with Crippen molar-refractivity contribution in [3.8, 4) is 23.4 Å². The average molecular weight is 280 g/mol. The molecule has 0 saturated heterocycles. The van der Waals surface area contributed by atoms with Crippen LogP contribution in [0.1, 0.15) is 35.2 Å². The van der Waals surface area contributed by atoms with Crippen LogP contribution >= 0.6 is 0 Å². The summed E-state index contributed by atoms with van der Waals surface area (Å²) in [4.78, 5) is 4.52. The Hall–Kier alpha value is -2.54. The van der Waals surface area contributed by atoms with Gasteiger partial charge in [-0.05, 0) is 56.4 Å². The lowest BCUT2D eigenvalue weighted by molar-refractivity contribution is 0.435. The summed E-state index contributed by atoms with van der Waals surface area (Å²) in [5.41, 5.74) is 3.25. The Morgan fingerprint density at radius 2 is 2.10 bits per heavy atom. The van der Waals surface area contributed by atoms with Gasteiger partial charge in [0, 0.05) is 11.3 Å². The minimum atomic E-state index is 0.170. The van der Waals surface area contributed by atoms with E-state index >= 15 is 0 Å². The van der Waals surface area contributed by atoms with Crippen LogP contribution in [0.2, 0.25) is 0 Å².